The lowest BCUT2D eigenvalue weighted by Crippen LogP contribution is -2.43. The lowest BCUT2D eigenvalue weighted by Gasteiger charge is -2.35. The number of likely N-dealkylation sites (tertiary alicyclic amines) is 1. The van der Waals surface area contributed by atoms with Crippen LogP contribution in [0.3, 0.4) is 0 Å². The van der Waals surface area contributed by atoms with Crippen LogP contribution >= 0.6 is 0 Å². The summed E-state index contributed by atoms with van der Waals surface area (Å²) in [5.74, 6) is 0.158. The van der Waals surface area contributed by atoms with Crippen molar-refractivity contribution < 1.29 is 13.2 Å². The first-order valence-corrected chi connectivity index (χ1v) is 10.2. The van der Waals surface area contributed by atoms with Crippen molar-refractivity contribution in [1.29, 1.82) is 0 Å². The van der Waals surface area contributed by atoms with Crippen molar-refractivity contribution in [2.75, 3.05) is 13.1 Å². The fraction of sp³-hybridized carbons (Fsp3) is 0.611. The van der Waals surface area contributed by atoms with Gasteiger partial charge in [-0.05, 0) is 49.8 Å². The summed E-state index contributed by atoms with van der Waals surface area (Å²) in [7, 11) is -3.58. The summed E-state index contributed by atoms with van der Waals surface area (Å²) in [6, 6.07) is 6.62. The van der Waals surface area contributed by atoms with Crippen LogP contribution in [-0.4, -0.2) is 38.4 Å². The van der Waals surface area contributed by atoms with Gasteiger partial charge in [-0.25, -0.2) is 13.1 Å². The second-order valence-electron chi connectivity index (χ2n) is 6.83. The van der Waals surface area contributed by atoms with Gasteiger partial charge >= 0.3 is 0 Å². The Morgan fingerprint density at radius 1 is 1.33 bits per heavy atom. The normalized spacial score (nSPS) is 18.8. The average Bonchev–Trinajstić information content (AvgIpc) is 2.59. The van der Waals surface area contributed by atoms with Crippen molar-refractivity contribution in [3.63, 3.8) is 0 Å². The van der Waals surface area contributed by atoms with Crippen molar-refractivity contribution >= 4 is 15.9 Å². The third-order valence-corrected chi connectivity index (χ3v) is 5.85. The van der Waals surface area contributed by atoms with E-state index in [1.807, 2.05) is 18.7 Å². The Hall–Kier alpha value is -1.40. The van der Waals surface area contributed by atoms with Gasteiger partial charge in [0.05, 0.1) is 4.90 Å². The van der Waals surface area contributed by atoms with Gasteiger partial charge in [0, 0.05) is 24.7 Å². The molecule has 0 aliphatic carbocycles. The van der Waals surface area contributed by atoms with Crippen molar-refractivity contribution in [2.45, 2.75) is 57.4 Å². The fourth-order valence-corrected chi connectivity index (χ4v) is 4.27. The zero-order valence-corrected chi connectivity index (χ0v) is 15.6. The highest BCUT2D eigenvalue weighted by atomic mass is 32.2. The number of carbonyl (C=O) groups excluding carboxylic acids is 1. The summed E-state index contributed by atoms with van der Waals surface area (Å²) in [6.07, 6.45) is 4.11. The number of sulfonamides is 1. The summed E-state index contributed by atoms with van der Waals surface area (Å²) in [5.41, 5.74) is 0.447. The topological polar surface area (TPSA) is 66.5 Å². The molecule has 1 unspecified atom stereocenters. The standard InChI is InChI=1S/C18H28N2O3S/c1-4-16-9-5-6-11-20(16)18(21)15-8-7-10-17(12-15)24(22,23)19-13-14(2)3/h7-8,10,12,14,16,19H,4-6,9,11,13H2,1-3H3. The second-order valence-corrected chi connectivity index (χ2v) is 8.60. The van der Waals surface area contributed by atoms with Gasteiger partial charge in [-0.15, -0.1) is 0 Å². The minimum absolute atomic E-state index is 0.0672. The maximum atomic E-state index is 12.8. The molecule has 0 spiro atoms. The average molecular weight is 353 g/mol. The largest absolute Gasteiger partial charge is 0.336 e. The van der Waals surface area contributed by atoms with Gasteiger partial charge in [-0.1, -0.05) is 26.8 Å². The number of amides is 1. The third kappa shape index (κ3) is 4.57. The number of rotatable bonds is 6. The van der Waals surface area contributed by atoms with Gasteiger partial charge in [0.2, 0.25) is 10.0 Å². The smallest absolute Gasteiger partial charge is 0.254 e. The van der Waals surface area contributed by atoms with E-state index in [2.05, 4.69) is 11.6 Å². The summed E-state index contributed by atoms with van der Waals surface area (Å²) in [6.45, 7) is 7.12. The summed E-state index contributed by atoms with van der Waals surface area (Å²) in [5, 5.41) is 0. The van der Waals surface area contributed by atoms with E-state index in [0.717, 1.165) is 32.2 Å². The van der Waals surface area contributed by atoms with E-state index >= 15 is 0 Å². The monoisotopic (exact) mass is 352 g/mol. The molecule has 0 radical (unpaired) electrons. The lowest BCUT2D eigenvalue weighted by molar-refractivity contribution is 0.0608. The van der Waals surface area contributed by atoms with Crippen molar-refractivity contribution in [3.8, 4) is 0 Å². The van der Waals surface area contributed by atoms with E-state index in [4.69, 9.17) is 0 Å². The molecule has 5 nitrogen and oxygen atoms in total. The Morgan fingerprint density at radius 2 is 2.08 bits per heavy atom. The zero-order chi connectivity index (χ0) is 17.7. The predicted molar refractivity (Wildman–Crippen MR) is 95.4 cm³/mol. The van der Waals surface area contributed by atoms with E-state index in [9.17, 15) is 13.2 Å². The minimum atomic E-state index is -3.58. The molecule has 1 atom stereocenters. The molecule has 0 aromatic heterocycles. The Balaban J connectivity index is 2.21. The van der Waals surface area contributed by atoms with E-state index in [1.54, 1.807) is 12.1 Å². The van der Waals surface area contributed by atoms with Crippen LogP contribution in [0.5, 0.6) is 0 Å². The highest BCUT2D eigenvalue weighted by Crippen LogP contribution is 2.22. The number of carbonyl (C=O) groups is 1. The molecule has 134 valence electrons. The minimum Gasteiger partial charge on any atom is -0.336 e. The van der Waals surface area contributed by atoms with Gasteiger partial charge in [-0.3, -0.25) is 4.79 Å². The molecule has 1 saturated heterocycles. The Kier molecular flexibility index (Phi) is 6.40. The quantitative estimate of drug-likeness (QED) is 0.856. The van der Waals surface area contributed by atoms with E-state index in [0.29, 0.717) is 12.1 Å². The van der Waals surface area contributed by atoms with Gasteiger partial charge < -0.3 is 4.90 Å². The number of hydrogen-bond acceptors (Lipinski definition) is 3. The second kappa shape index (κ2) is 8.12. The molecule has 1 aliphatic rings. The van der Waals surface area contributed by atoms with Crippen LogP contribution in [0.15, 0.2) is 29.2 Å². The molecule has 1 aliphatic heterocycles. The molecule has 1 heterocycles. The molecule has 1 N–H and O–H groups in total. The van der Waals surface area contributed by atoms with Crippen LogP contribution < -0.4 is 4.72 Å². The van der Waals surface area contributed by atoms with Crippen molar-refractivity contribution in [1.82, 2.24) is 9.62 Å². The maximum Gasteiger partial charge on any atom is 0.254 e. The molecule has 1 fully saturated rings. The van der Waals surface area contributed by atoms with Crippen LogP contribution in [0.1, 0.15) is 56.8 Å². The van der Waals surface area contributed by atoms with E-state index in [1.165, 1.54) is 12.1 Å². The molecule has 1 amide bonds. The molecule has 1 aromatic carbocycles. The number of nitrogens with zero attached hydrogens (tertiary/aromatic N) is 1. The van der Waals surface area contributed by atoms with Gasteiger partial charge in [-0.2, -0.15) is 0 Å². The lowest BCUT2D eigenvalue weighted by atomic mass is 9.99. The number of piperidine rings is 1. The SMILES string of the molecule is CCC1CCCCN1C(=O)c1cccc(S(=O)(=O)NCC(C)C)c1. The number of nitrogens with one attached hydrogen (secondary N) is 1. The highest BCUT2D eigenvalue weighted by molar-refractivity contribution is 7.89. The number of benzene rings is 1. The van der Waals surface area contributed by atoms with E-state index < -0.39 is 10.0 Å². The van der Waals surface area contributed by atoms with Crippen LogP contribution in [0, 0.1) is 5.92 Å². The molecule has 1 aromatic rings. The molecule has 0 bridgehead atoms. The van der Waals surface area contributed by atoms with Gasteiger partial charge in [0.1, 0.15) is 0 Å². The predicted octanol–water partition coefficient (Wildman–Crippen LogP) is 3.03. The first-order chi connectivity index (χ1) is 11.3. The van der Waals surface area contributed by atoms with Gasteiger partial charge in [0.25, 0.3) is 5.91 Å². The first kappa shape index (κ1) is 18.9. The maximum absolute atomic E-state index is 12.8. The molecular formula is C18H28N2O3S. The highest BCUT2D eigenvalue weighted by Gasteiger charge is 2.27. The van der Waals surface area contributed by atoms with Crippen molar-refractivity contribution in [2.24, 2.45) is 5.92 Å². The first-order valence-electron chi connectivity index (χ1n) is 8.76. The third-order valence-electron chi connectivity index (χ3n) is 4.43. The fourth-order valence-electron chi connectivity index (χ4n) is 3.01. The molecule has 0 saturated carbocycles. The number of hydrogen-bond donors (Lipinski definition) is 1. The van der Waals surface area contributed by atoms with Crippen LogP contribution in [0.4, 0.5) is 0 Å². The Bertz CT molecular complexity index is 671. The Labute approximate surface area is 145 Å². The molecular weight excluding hydrogens is 324 g/mol. The Morgan fingerprint density at radius 3 is 2.75 bits per heavy atom. The summed E-state index contributed by atoms with van der Waals surface area (Å²) < 4.78 is 27.3. The molecule has 6 heteroatoms. The zero-order valence-electron chi connectivity index (χ0n) is 14.8. The van der Waals surface area contributed by atoms with Crippen LogP contribution in [-0.2, 0) is 10.0 Å². The van der Waals surface area contributed by atoms with Crippen molar-refractivity contribution in [3.05, 3.63) is 29.8 Å². The molecule has 2 rings (SSSR count). The summed E-state index contributed by atoms with van der Waals surface area (Å²) in [4.78, 5) is 14.9. The van der Waals surface area contributed by atoms with Crippen LogP contribution in [0.2, 0.25) is 0 Å². The van der Waals surface area contributed by atoms with Gasteiger partial charge in [0.15, 0.2) is 0 Å². The van der Waals surface area contributed by atoms with Crippen LogP contribution in [0.25, 0.3) is 0 Å². The summed E-state index contributed by atoms with van der Waals surface area (Å²) >= 11 is 0. The van der Waals surface area contributed by atoms with E-state index in [-0.39, 0.29) is 22.8 Å². The molecule has 24 heavy (non-hydrogen) atoms.